The first kappa shape index (κ1) is 11.0. The largest absolute Gasteiger partial charge is 0.504 e. The summed E-state index contributed by atoms with van der Waals surface area (Å²) in [4.78, 5) is 0. The van der Waals surface area contributed by atoms with E-state index >= 15 is 0 Å². The lowest BCUT2D eigenvalue weighted by atomic mass is 10.0. The molecule has 0 aromatic heterocycles. The Labute approximate surface area is 93.2 Å². The zero-order valence-corrected chi connectivity index (χ0v) is 9.40. The van der Waals surface area contributed by atoms with E-state index in [2.05, 4.69) is 0 Å². The fraction of sp³-hybridized carbons (Fsp3) is 0.455. The maximum atomic E-state index is 9.97. The Morgan fingerprint density at radius 1 is 1.25 bits per heavy atom. The van der Waals surface area contributed by atoms with Gasteiger partial charge in [-0.3, -0.25) is 0 Å². The molecule has 0 radical (unpaired) electrons. The van der Waals surface area contributed by atoms with Gasteiger partial charge in [-0.15, -0.1) is 0 Å². The molecule has 2 rings (SSSR count). The molecule has 1 heterocycles. The number of hydrogen-bond acceptors (Lipinski definition) is 5. The van der Waals surface area contributed by atoms with Crippen LogP contribution in [0.4, 0.5) is 0 Å². The first-order chi connectivity index (χ1) is 7.61. The molecule has 0 saturated heterocycles. The van der Waals surface area contributed by atoms with E-state index in [-0.39, 0.29) is 17.2 Å². The van der Waals surface area contributed by atoms with Crippen molar-refractivity contribution in [1.29, 1.82) is 0 Å². The summed E-state index contributed by atoms with van der Waals surface area (Å²) in [5.74, 6) is -0.118. The van der Waals surface area contributed by atoms with Crippen LogP contribution in [-0.4, -0.2) is 24.4 Å². The number of fused-ring (bicyclic) bond motifs is 1. The van der Waals surface area contributed by atoms with Gasteiger partial charge in [0, 0.05) is 12.7 Å². The van der Waals surface area contributed by atoms with Gasteiger partial charge < -0.3 is 24.4 Å². The summed E-state index contributed by atoms with van der Waals surface area (Å²) < 4.78 is 15.4. The molecule has 0 bridgehead atoms. The van der Waals surface area contributed by atoms with Gasteiger partial charge in [0.25, 0.3) is 0 Å². The standard InChI is InChI=1S/C11H14O5/c1-5-6-4-16-11(15-3)7(6)9(13)10(14-2)8(5)12/h11-13H,4H2,1-3H3. The second-order valence-electron chi connectivity index (χ2n) is 3.63. The van der Waals surface area contributed by atoms with Crippen LogP contribution in [0, 0.1) is 6.92 Å². The molecule has 1 aromatic carbocycles. The molecule has 5 heteroatoms. The minimum atomic E-state index is -0.608. The Bertz CT molecular complexity index is 427. The summed E-state index contributed by atoms with van der Waals surface area (Å²) in [5.41, 5.74) is 1.93. The Hall–Kier alpha value is -1.46. The second-order valence-corrected chi connectivity index (χ2v) is 3.63. The van der Waals surface area contributed by atoms with E-state index in [0.717, 1.165) is 5.56 Å². The van der Waals surface area contributed by atoms with Crippen LogP contribution in [0.25, 0.3) is 0 Å². The van der Waals surface area contributed by atoms with Crippen molar-refractivity contribution >= 4 is 0 Å². The minimum absolute atomic E-state index is 0.0564. The number of phenols is 2. The average Bonchev–Trinajstić information content (AvgIpc) is 2.70. The third-order valence-electron chi connectivity index (χ3n) is 2.85. The lowest BCUT2D eigenvalue weighted by molar-refractivity contribution is -0.118. The Kier molecular flexibility index (Phi) is 2.65. The van der Waals surface area contributed by atoms with Gasteiger partial charge >= 0.3 is 0 Å². The summed E-state index contributed by atoms with van der Waals surface area (Å²) in [6.07, 6.45) is -0.608. The summed E-state index contributed by atoms with van der Waals surface area (Å²) >= 11 is 0. The third-order valence-corrected chi connectivity index (χ3v) is 2.85. The zero-order chi connectivity index (χ0) is 11.9. The number of benzene rings is 1. The molecule has 1 aliphatic heterocycles. The van der Waals surface area contributed by atoms with Gasteiger partial charge in [0.15, 0.2) is 17.8 Å². The normalized spacial score (nSPS) is 18.6. The van der Waals surface area contributed by atoms with Gasteiger partial charge in [-0.05, 0) is 12.5 Å². The highest BCUT2D eigenvalue weighted by atomic mass is 16.7. The van der Waals surface area contributed by atoms with Gasteiger partial charge in [-0.1, -0.05) is 0 Å². The van der Waals surface area contributed by atoms with Gasteiger partial charge in [-0.25, -0.2) is 0 Å². The molecule has 0 saturated carbocycles. The monoisotopic (exact) mass is 226 g/mol. The Morgan fingerprint density at radius 3 is 2.50 bits per heavy atom. The van der Waals surface area contributed by atoms with Crippen LogP contribution < -0.4 is 4.74 Å². The molecule has 0 amide bonds. The number of ether oxygens (including phenoxy) is 3. The van der Waals surface area contributed by atoms with Crippen LogP contribution >= 0.6 is 0 Å². The maximum absolute atomic E-state index is 9.97. The van der Waals surface area contributed by atoms with E-state index in [1.54, 1.807) is 6.92 Å². The van der Waals surface area contributed by atoms with Crippen molar-refractivity contribution in [2.45, 2.75) is 19.8 Å². The summed E-state index contributed by atoms with van der Waals surface area (Å²) in [7, 11) is 2.88. The molecular formula is C11H14O5. The summed E-state index contributed by atoms with van der Waals surface area (Å²) in [5, 5.41) is 19.8. The summed E-state index contributed by atoms with van der Waals surface area (Å²) in [6, 6.07) is 0. The van der Waals surface area contributed by atoms with Crippen molar-refractivity contribution < 1.29 is 24.4 Å². The Balaban J connectivity index is 2.69. The molecule has 1 unspecified atom stereocenters. The van der Waals surface area contributed by atoms with E-state index < -0.39 is 6.29 Å². The van der Waals surface area contributed by atoms with E-state index in [1.165, 1.54) is 14.2 Å². The molecule has 0 fully saturated rings. The number of methoxy groups -OCH3 is 2. The SMILES string of the molecule is COc1c(O)c(C)c2c(c1O)C(OC)OC2. The van der Waals surface area contributed by atoms with Gasteiger partial charge in [-0.2, -0.15) is 0 Å². The maximum Gasteiger partial charge on any atom is 0.203 e. The van der Waals surface area contributed by atoms with E-state index in [9.17, 15) is 10.2 Å². The average molecular weight is 226 g/mol. The molecule has 88 valence electrons. The van der Waals surface area contributed by atoms with Crippen molar-refractivity contribution in [2.24, 2.45) is 0 Å². The molecule has 0 spiro atoms. The summed E-state index contributed by atoms with van der Waals surface area (Å²) in [6.45, 7) is 2.06. The first-order valence-corrected chi connectivity index (χ1v) is 4.87. The van der Waals surface area contributed by atoms with Crippen LogP contribution in [-0.2, 0) is 16.1 Å². The molecule has 2 N–H and O–H groups in total. The third kappa shape index (κ3) is 1.32. The van der Waals surface area contributed by atoms with Gasteiger partial charge in [0.2, 0.25) is 5.75 Å². The number of rotatable bonds is 2. The molecule has 16 heavy (non-hydrogen) atoms. The van der Waals surface area contributed by atoms with Crippen molar-refractivity contribution in [3.8, 4) is 17.2 Å². The predicted octanol–water partition coefficient (Wildman–Crippen LogP) is 1.59. The molecule has 0 aliphatic carbocycles. The van der Waals surface area contributed by atoms with Crippen LogP contribution in [0.5, 0.6) is 17.2 Å². The lowest BCUT2D eigenvalue weighted by Crippen LogP contribution is -2.00. The van der Waals surface area contributed by atoms with Crippen molar-refractivity contribution in [3.05, 3.63) is 16.7 Å². The quantitative estimate of drug-likeness (QED) is 0.801. The van der Waals surface area contributed by atoms with Crippen LogP contribution in [0.2, 0.25) is 0 Å². The second kappa shape index (κ2) is 3.84. The van der Waals surface area contributed by atoms with Crippen LogP contribution in [0.1, 0.15) is 23.0 Å². The van der Waals surface area contributed by atoms with E-state index in [4.69, 9.17) is 14.2 Å². The highest BCUT2D eigenvalue weighted by Gasteiger charge is 2.32. The highest BCUT2D eigenvalue weighted by molar-refractivity contribution is 5.63. The van der Waals surface area contributed by atoms with Gasteiger partial charge in [0.05, 0.1) is 19.3 Å². The number of aromatic hydroxyl groups is 2. The zero-order valence-electron chi connectivity index (χ0n) is 9.40. The molecular weight excluding hydrogens is 212 g/mol. The minimum Gasteiger partial charge on any atom is -0.504 e. The molecule has 1 aliphatic rings. The molecule has 1 atom stereocenters. The fourth-order valence-corrected chi connectivity index (χ4v) is 1.95. The smallest absolute Gasteiger partial charge is 0.203 e. The van der Waals surface area contributed by atoms with Crippen LogP contribution in [0.3, 0.4) is 0 Å². The van der Waals surface area contributed by atoms with Crippen LogP contribution in [0.15, 0.2) is 0 Å². The molecule has 5 nitrogen and oxygen atoms in total. The first-order valence-electron chi connectivity index (χ1n) is 4.87. The van der Waals surface area contributed by atoms with Crippen molar-refractivity contribution in [3.63, 3.8) is 0 Å². The van der Waals surface area contributed by atoms with E-state index in [0.29, 0.717) is 17.7 Å². The molecule has 1 aromatic rings. The number of phenolic OH excluding ortho intramolecular Hbond substituents is 2. The topological polar surface area (TPSA) is 68.2 Å². The predicted molar refractivity (Wildman–Crippen MR) is 55.6 cm³/mol. The van der Waals surface area contributed by atoms with Gasteiger partial charge in [0.1, 0.15) is 0 Å². The Morgan fingerprint density at radius 2 is 1.94 bits per heavy atom. The lowest BCUT2D eigenvalue weighted by Gasteiger charge is -2.15. The van der Waals surface area contributed by atoms with Crippen molar-refractivity contribution in [2.75, 3.05) is 14.2 Å². The number of hydrogen-bond donors (Lipinski definition) is 2. The fourth-order valence-electron chi connectivity index (χ4n) is 1.95. The van der Waals surface area contributed by atoms with Crippen molar-refractivity contribution in [1.82, 2.24) is 0 Å². The van der Waals surface area contributed by atoms with E-state index in [1.807, 2.05) is 0 Å². The highest BCUT2D eigenvalue weighted by Crippen LogP contribution is 2.49.